The monoisotopic (exact) mass is 1230 g/mol. The molecule has 0 aromatic carbocycles. The first-order valence-corrected chi connectivity index (χ1v) is 27.4. The predicted octanol–water partition coefficient (Wildman–Crippen LogP) is -27.2. The molecule has 4 unspecified atom stereocenters. The Labute approximate surface area is 560 Å². The molecule has 0 spiro atoms. The predicted molar refractivity (Wildman–Crippen MR) is 260 cm³/mol. The molecule has 60 heavy (non-hydrogen) atoms. The van der Waals surface area contributed by atoms with E-state index in [1.54, 1.807) is 0 Å². The third-order valence-electron chi connectivity index (χ3n) is 4.72. The van der Waals surface area contributed by atoms with E-state index in [2.05, 4.69) is 11.5 Å². The minimum Gasteiger partial charge on any atom is -1.00 e. The van der Waals surface area contributed by atoms with Crippen molar-refractivity contribution >= 4 is 195 Å². The molecular weight excluding hydrogens is 1180 g/mol. The third kappa shape index (κ3) is 89.1. The molecule has 0 fully saturated rings. The standard InChI is InChI=1S/C14H30N8S7.C10H22S7.CH4N2O.4ClH.5Na.H2O/c15-11(16)26-3-1-24-9(7-28-13(19)20)5-23-6-10(8-29-14(21)22)25-2-4-27-12(17)18;11-1-3-16-9(5-13)7-15-8-10(6-14)17-4-2-12;2-1(3)4;;;;;;;;;;/h9-10H,1-8H2,(H3,15,16)(H3,17,18)(H3,19,20)(H3,21,22);9-14H,1-8H2;(H4,2,3,4);4*1H;;;;;;1H2/q;;;;;;;5*+1;/p-7. The average Bonchev–Trinajstić information content (AvgIpc) is 3.04. The van der Waals surface area contributed by atoms with Gasteiger partial charge in [0.2, 0.25) is 0 Å². The van der Waals surface area contributed by atoms with Crippen molar-refractivity contribution in [1.29, 1.82) is 10.8 Å². The average molecular weight is 1230 g/mol. The van der Waals surface area contributed by atoms with E-state index in [4.69, 9.17) is 99.9 Å². The van der Waals surface area contributed by atoms with Gasteiger partial charge in [0.1, 0.15) is 0 Å². The second-order valence-electron chi connectivity index (χ2n) is 9.04. The van der Waals surface area contributed by atoms with Crippen LogP contribution in [0.25, 0.3) is 0 Å². The Hall–Kier alpha value is 8.17. The summed E-state index contributed by atoms with van der Waals surface area (Å²) in [6.45, 7) is 0. The normalized spacial score (nSPS) is 10.9. The maximum absolute atomic E-state index is 9.00. The number of thioether (sulfide) groups is 10. The summed E-state index contributed by atoms with van der Waals surface area (Å²) in [6.07, 6.45) is 0. The molecule has 2 amide bonds. The third-order valence-corrected chi connectivity index (χ3v) is 19.4. The van der Waals surface area contributed by atoms with Crippen molar-refractivity contribution in [2.24, 2.45) is 34.4 Å². The van der Waals surface area contributed by atoms with Gasteiger partial charge in [-0.2, -0.15) is 93.6 Å². The van der Waals surface area contributed by atoms with E-state index in [1.807, 2.05) is 70.6 Å². The summed E-state index contributed by atoms with van der Waals surface area (Å²) in [6, 6.07) is -0.833. The van der Waals surface area contributed by atoms with Crippen LogP contribution < -0.4 is 243 Å². The molecule has 0 saturated heterocycles. The molecule has 0 heterocycles. The Morgan fingerprint density at radius 1 is 0.467 bits per heavy atom. The summed E-state index contributed by atoms with van der Waals surface area (Å²) in [5.74, 6) is 14.8. The van der Waals surface area contributed by atoms with Gasteiger partial charge in [-0.25, -0.2) is 4.79 Å². The van der Waals surface area contributed by atoms with Crippen molar-refractivity contribution in [3.8, 4) is 0 Å². The molecule has 35 heteroatoms. The largest absolute Gasteiger partial charge is 1.00 e. The molecule has 0 aliphatic carbocycles. The maximum atomic E-state index is 9.00. The molecule has 0 aromatic heterocycles. The number of hydrogen-bond acceptors (Lipinski definition) is 18. The fourth-order valence-corrected chi connectivity index (χ4v) is 15.0. The minimum absolute atomic E-state index is 0. The summed E-state index contributed by atoms with van der Waals surface area (Å²) in [5.41, 5.74) is 30.5. The number of carbonyl (C=O) groups is 1. The summed E-state index contributed by atoms with van der Waals surface area (Å²) in [7, 11) is 0. The van der Waals surface area contributed by atoms with Gasteiger partial charge >= 0.3 is 154 Å². The second kappa shape index (κ2) is 78.6. The van der Waals surface area contributed by atoms with Crippen molar-refractivity contribution in [2.75, 3.05) is 92.0 Å². The van der Waals surface area contributed by atoms with Crippen LogP contribution in [-0.4, -0.2) is 145 Å². The molecule has 19 N–H and O–H groups in total. The Bertz CT molecular complexity index is 874. The van der Waals surface area contributed by atoms with Gasteiger partial charge in [0.05, 0.1) is 0 Å². The summed E-state index contributed by atoms with van der Waals surface area (Å²) >= 11 is 37.3. The van der Waals surface area contributed by atoms with Crippen LogP contribution in [0.4, 0.5) is 4.79 Å². The van der Waals surface area contributed by atoms with E-state index in [9.17, 15) is 0 Å². The van der Waals surface area contributed by atoms with Crippen LogP contribution in [0.2, 0.25) is 0 Å². The van der Waals surface area contributed by atoms with Gasteiger partial charge in [0, 0.05) is 68.0 Å². The number of nitrogens with two attached hydrogens (primary N) is 8. The number of carbonyl (C=O) groups excluding carboxylic acids is 1. The van der Waals surface area contributed by atoms with E-state index >= 15 is 0 Å². The van der Waals surface area contributed by atoms with Crippen LogP contribution in [-0.2, 0) is 50.5 Å². The molecule has 0 aliphatic rings. The molecule has 0 saturated carbocycles. The number of amidine groups is 4. The second-order valence-corrected chi connectivity index (χ2v) is 22.8. The van der Waals surface area contributed by atoms with Gasteiger partial charge in [0.25, 0.3) is 10.3 Å². The van der Waals surface area contributed by atoms with Gasteiger partial charge in [-0.05, 0) is 45.5 Å². The Morgan fingerprint density at radius 3 is 0.933 bits per heavy atom. The summed E-state index contributed by atoms with van der Waals surface area (Å²) < 4.78 is 0. The van der Waals surface area contributed by atoms with Crippen molar-refractivity contribution in [1.82, 2.24) is 0 Å². The van der Waals surface area contributed by atoms with Crippen LogP contribution in [0.5, 0.6) is 0 Å². The summed E-state index contributed by atoms with van der Waals surface area (Å²) in [4.78, 5) is 9.00. The molecule has 0 radical (unpaired) electrons. The zero-order chi connectivity index (χ0) is 38.6. The van der Waals surface area contributed by atoms with Crippen molar-refractivity contribution < 1.29 is 219 Å². The van der Waals surface area contributed by atoms with Gasteiger partial charge in [-0.3, -0.25) is 33.1 Å². The van der Waals surface area contributed by atoms with E-state index < -0.39 is 6.03 Å². The van der Waals surface area contributed by atoms with Crippen molar-refractivity contribution in [3.05, 3.63) is 0 Å². The van der Waals surface area contributed by atoms with Crippen LogP contribution >= 0.6 is 118 Å². The quantitative estimate of drug-likeness (QED) is 0.0114. The van der Waals surface area contributed by atoms with Crippen LogP contribution in [0, 0.1) is 10.8 Å². The van der Waals surface area contributed by atoms with E-state index in [0.717, 1.165) is 92.0 Å². The van der Waals surface area contributed by atoms with Crippen molar-refractivity contribution in [3.63, 3.8) is 0 Å². The van der Waals surface area contributed by atoms with Crippen LogP contribution in [0.15, 0.2) is 0 Å². The van der Waals surface area contributed by atoms with Crippen molar-refractivity contribution in [2.45, 2.75) is 21.0 Å². The van der Waals surface area contributed by atoms with Gasteiger partial charge in [-0.15, -0.1) is 0 Å². The number of halogens is 4. The molecular formula is C25H55Cl4N10Na5O2S14-2. The van der Waals surface area contributed by atoms with Gasteiger partial charge in [0.15, 0.2) is 10.3 Å². The van der Waals surface area contributed by atoms with E-state index in [-0.39, 0.29) is 213 Å². The first-order valence-electron chi connectivity index (χ1n) is 14.7. The molecule has 0 rings (SSSR count). The van der Waals surface area contributed by atoms with E-state index in [1.165, 1.54) is 47.0 Å². The SMILES string of the molecule is N=C(N)SCC(CSCC(CSC(=N)N)SCCSC(N)=[NH2+])SCCSC(N)=[NH2+].NC(N)=O.[Cl-].[Cl-].[Cl-].[Cl-].[Na+].[Na+].[Na+].[Na+].[Na+].[OH-].[S-]CCSC(C[S-])CSCC(C[S-])SCC[S-]. The molecule has 0 aliphatic heterocycles. The molecule has 4 atom stereocenters. The molecule has 12 nitrogen and oxygen atoms in total. The van der Waals surface area contributed by atoms with Crippen LogP contribution in [0.1, 0.15) is 0 Å². The number of hydrogen-bond donors (Lipinski definition) is 10. The fraction of sp³-hybridized carbons (Fsp3) is 0.800. The Morgan fingerprint density at radius 2 is 0.717 bits per heavy atom. The van der Waals surface area contributed by atoms with E-state index in [0.29, 0.717) is 31.3 Å². The summed E-state index contributed by atoms with van der Waals surface area (Å²) in [5, 5.41) is 28.9. The number of primary amides is 2. The number of amides is 2. The number of urea groups is 1. The van der Waals surface area contributed by atoms with Gasteiger partial charge < -0.3 is 129 Å². The molecule has 336 valence electrons. The first-order chi connectivity index (χ1) is 23.7. The first kappa shape index (κ1) is 101. The van der Waals surface area contributed by atoms with Crippen LogP contribution in [0.3, 0.4) is 0 Å². The Kier molecular flexibility index (Phi) is 132. The number of nitrogens with one attached hydrogen (secondary N) is 2. The smallest absolute Gasteiger partial charge is 1.00 e. The maximum Gasteiger partial charge on any atom is 1.00 e. The minimum atomic E-state index is -0.833. The topological polar surface area (TPSA) is 302 Å². The zero-order valence-electron chi connectivity index (χ0n) is 34.8. The number of rotatable bonds is 28. The van der Waals surface area contributed by atoms with Gasteiger partial charge in [-0.1, -0.05) is 23.5 Å². The fourth-order valence-electron chi connectivity index (χ4n) is 2.78. The molecule has 0 aromatic rings. The molecule has 0 bridgehead atoms. The zero-order valence-corrected chi connectivity index (χ0v) is 59.3. The Balaban J connectivity index is -0.0000000568.